The summed E-state index contributed by atoms with van der Waals surface area (Å²) in [5.41, 5.74) is 1.17. The molecule has 2 amide bonds. The number of benzene rings is 2. The van der Waals surface area contributed by atoms with E-state index in [1.165, 1.54) is 24.3 Å². The molecule has 0 radical (unpaired) electrons. The largest absolute Gasteiger partial charge is 0.486 e. The van der Waals surface area contributed by atoms with E-state index in [1.54, 1.807) is 0 Å². The van der Waals surface area contributed by atoms with Gasteiger partial charge in [0.15, 0.2) is 11.5 Å². The first kappa shape index (κ1) is 14.8. The Hall–Kier alpha value is -2.76. The normalized spacial score (nSPS) is 17.0. The van der Waals surface area contributed by atoms with E-state index in [1.807, 2.05) is 18.2 Å². The average molecular weight is 328 g/mol. The molecule has 2 aromatic carbocycles. The van der Waals surface area contributed by atoms with Crippen molar-refractivity contribution >= 4 is 11.7 Å². The van der Waals surface area contributed by atoms with E-state index in [0.29, 0.717) is 24.7 Å². The maximum atomic E-state index is 12.9. The molecular formula is C18H17FN2O3. The molecule has 5 nitrogen and oxygen atoms in total. The number of anilines is 1. The molecule has 2 aromatic rings. The molecule has 0 saturated heterocycles. The highest BCUT2D eigenvalue weighted by molar-refractivity contribution is 5.90. The van der Waals surface area contributed by atoms with Gasteiger partial charge < -0.3 is 20.1 Å². The highest BCUT2D eigenvalue weighted by Gasteiger charge is 2.46. The van der Waals surface area contributed by atoms with Crippen LogP contribution in [0.1, 0.15) is 18.4 Å². The molecule has 0 bridgehead atoms. The minimum absolute atomic E-state index is 0.311. The lowest BCUT2D eigenvalue weighted by Crippen LogP contribution is -2.38. The lowest BCUT2D eigenvalue weighted by molar-refractivity contribution is 0.171. The van der Waals surface area contributed by atoms with Crippen molar-refractivity contribution in [1.82, 2.24) is 5.32 Å². The zero-order valence-corrected chi connectivity index (χ0v) is 13.0. The highest BCUT2D eigenvalue weighted by Crippen LogP contribution is 2.47. The molecule has 1 fully saturated rings. The molecule has 1 aliphatic carbocycles. The van der Waals surface area contributed by atoms with Crippen molar-refractivity contribution in [3.05, 3.63) is 53.8 Å². The van der Waals surface area contributed by atoms with Gasteiger partial charge in [0.1, 0.15) is 19.0 Å². The van der Waals surface area contributed by atoms with Crippen molar-refractivity contribution in [1.29, 1.82) is 0 Å². The first-order chi connectivity index (χ1) is 11.6. The molecule has 0 aromatic heterocycles. The number of carbonyl (C=O) groups is 1. The molecule has 2 N–H and O–H groups in total. The molecule has 24 heavy (non-hydrogen) atoms. The number of nitrogens with one attached hydrogen (secondary N) is 2. The maximum absolute atomic E-state index is 12.9. The Morgan fingerprint density at radius 3 is 2.42 bits per heavy atom. The molecule has 2 aliphatic rings. The minimum atomic E-state index is -0.375. The first-order valence-corrected chi connectivity index (χ1v) is 7.90. The second kappa shape index (κ2) is 5.70. The quantitative estimate of drug-likeness (QED) is 0.908. The Kier molecular flexibility index (Phi) is 3.52. The Labute approximate surface area is 138 Å². The predicted molar refractivity (Wildman–Crippen MR) is 86.9 cm³/mol. The van der Waals surface area contributed by atoms with Gasteiger partial charge in [0.2, 0.25) is 0 Å². The van der Waals surface area contributed by atoms with Crippen molar-refractivity contribution in [2.45, 2.75) is 18.4 Å². The molecule has 1 heterocycles. The zero-order chi connectivity index (χ0) is 16.6. The van der Waals surface area contributed by atoms with Crippen molar-refractivity contribution < 1.29 is 18.7 Å². The van der Waals surface area contributed by atoms with Crippen LogP contribution >= 0.6 is 0 Å². The summed E-state index contributed by atoms with van der Waals surface area (Å²) < 4.78 is 24.1. The van der Waals surface area contributed by atoms with E-state index >= 15 is 0 Å². The maximum Gasteiger partial charge on any atom is 0.319 e. The molecule has 1 saturated carbocycles. The van der Waals surface area contributed by atoms with Crippen LogP contribution in [0.15, 0.2) is 42.5 Å². The summed E-state index contributed by atoms with van der Waals surface area (Å²) in [5, 5.41) is 5.74. The van der Waals surface area contributed by atoms with Crippen LogP contribution in [-0.2, 0) is 5.54 Å². The highest BCUT2D eigenvalue weighted by atomic mass is 19.1. The number of rotatable bonds is 3. The molecule has 0 spiro atoms. The second-order valence-electron chi connectivity index (χ2n) is 6.03. The Balaban J connectivity index is 1.47. The first-order valence-electron chi connectivity index (χ1n) is 7.90. The number of halogens is 1. The molecule has 0 atom stereocenters. The van der Waals surface area contributed by atoms with Crippen molar-refractivity contribution in [3.8, 4) is 11.5 Å². The van der Waals surface area contributed by atoms with Gasteiger partial charge in [0, 0.05) is 5.69 Å². The van der Waals surface area contributed by atoms with Crippen molar-refractivity contribution in [2.24, 2.45) is 0 Å². The lowest BCUT2D eigenvalue weighted by atomic mass is 10.0. The fourth-order valence-electron chi connectivity index (χ4n) is 2.86. The van der Waals surface area contributed by atoms with Crippen LogP contribution in [0.3, 0.4) is 0 Å². The summed E-state index contributed by atoms with van der Waals surface area (Å²) in [4.78, 5) is 12.2. The van der Waals surface area contributed by atoms with E-state index in [2.05, 4.69) is 10.6 Å². The van der Waals surface area contributed by atoms with Crippen LogP contribution < -0.4 is 20.1 Å². The lowest BCUT2D eigenvalue weighted by Gasteiger charge is -2.23. The minimum Gasteiger partial charge on any atom is -0.486 e. The summed E-state index contributed by atoms with van der Waals surface area (Å²) in [7, 11) is 0. The van der Waals surface area contributed by atoms with Crippen molar-refractivity contribution in [2.75, 3.05) is 18.5 Å². The van der Waals surface area contributed by atoms with E-state index in [-0.39, 0.29) is 17.4 Å². The summed E-state index contributed by atoms with van der Waals surface area (Å²) in [6.45, 7) is 1.08. The molecule has 4 rings (SSSR count). The summed E-state index contributed by atoms with van der Waals surface area (Å²) in [5.74, 6) is 1.11. The van der Waals surface area contributed by atoms with Gasteiger partial charge in [-0.1, -0.05) is 6.07 Å². The third kappa shape index (κ3) is 2.87. The van der Waals surface area contributed by atoms with Gasteiger partial charge >= 0.3 is 6.03 Å². The number of ether oxygens (including phenoxy) is 2. The number of carbonyl (C=O) groups excluding carboxylic acids is 1. The fourth-order valence-corrected chi connectivity index (χ4v) is 2.86. The SMILES string of the molecule is O=C(Nc1ccc(F)cc1)NC1(c2ccc3c(c2)OCCO3)CC1. The van der Waals surface area contributed by atoms with E-state index < -0.39 is 0 Å². The van der Waals surface area contributed by atoms with E-state index in [9.17, 15) is 9.18 Å². The van der Waals surface area contributed by atoms with Crippen molar-refractivity contribution in [3.63, 3.8) is 0 Å². The van der Waals surface area contributed by atoms with Gasteiger partial charge in [-0.25, -0.2) is 9.18 Å². The number of urea groups is 1. The summed E-state index contributed by atoms with van der Waals surface area (Å²) in [6, 6.07) is 11.1. The fraction of sp³-hybridized carbons (Fsp3) is 0.278. The van der Waals surface area contributed by atoms with Gasteiger partial charge in [-0.3, -0.25) is 0 Å². The number of amides is 2. The number of fused-ring (bicyclic) bond motifs is 1. The van der Waals surface area contributed by atoms with E-state index in [4.69, 9.17) is 9.47 Å². The van der Waals surface area contributed by atoms with Gasteiger partial charge in [-0.2, -0.15) is 0 Å². The molecule has 124 valence electrons. The molecule has 6 heteroatoms. The van der Waals surface area contributed by atoms with Crippen LogP contribution in [0.4, 0.5) is 14.9 Å². The van der Waals surface area contributed by atoms with Crippen LogP contribution in [0, 0.1) is 5.82 Å². The average Bonchev–Trinajstić information content (AvgIpc) is 3.37. The van der Waals surface area contributed by atoms with Crippen LogP contribution in [-0.4, -0.2) is 19.2 Å². The zero-order valence-electron chi connectivity index (χ0n) is 13.0. The number of hydrogen-bond acceptors (Lipinski definition) is 3. The summed E-state index contributed by atoms with van der Waals surface area (Å²) >= 11 is 0. The van der Waals surface area contributed by atoms with Crippen LogP contribution in [0.2, 0.25) is 0 Å². The monoisotopic (exact) mass is 328 g/mol. The van der Waals surface area contributed by atoms with Gasteiger partial charge in [0.05, 0.1) is 5.54 Å². The topological polar surface area (TPSA) is 59.6 Å². The predicted octanol–water partition coefficient (Wildman–Crippen LogP) is 3.41. The molecular weight excluding hydrogens is 311 g/mol. The van der Waals surface area contributed by atoms with Gasteiger partial charge in [-0.05, 0) is 54.8 Å². The standard InChI is InChI=1S/C18H17FN2O3/c19-13-2-4-14(5-3-13)20-17(22)21-18(7-8-18)12-1-6-15-16(11-12)24-10-9-23-15/h1-6,11H,7-10H2,(H2,20,21,22). The third-order valence-electron chi connectivity index (χ3n) is 4.30. The van der Waals surface area contributed by atoms with Gasteiger partial charge in [-0.15, -0.1) is 0 Å². The number of hydrogen-bond donors (Lipinski definition) is 2. The van der Waals surface area contributed by atoms with Gasteiger partial charge in [0.25, 0.3) is 0 Å². The molecule has 0 unspecified atom stereocenters. The summed E-state index contributed by atoms with van der Waals surface area (Å²) in [6.07, 6.45) is 1.73. The van der Waals surface area contributed by atoms with Crippen LogP contribution in [0.5, 0.6) is 11.5 Å². The Bertz CT molecular complexity index is 772. The van der Waals surface area contributed by atoms with E-state index in [0.717, 1.165) is 24.2 Å². The second-order valence-corrected chi connectivity index (χ2v) is 6.03. The molecule has 1 aliphatic heterocycles. The Morgan fingerprint density at radius 2 is 1.71 bits per heavy atom. The smallest absolute Gasteiger partial charge is 0.319 e. The third-order valence-corrected chi connectivity index (χ3v) is 4.30. The Morgan fingerprint density at radius 1 is 1.00 bits per heavy atom. The van der Waals surface area contributed by atoms with Crippen LogP contribution in [0.25, 0.3) is 0 Å².